The smallest absolute Gasteiger partial charge is 0.152 e. The van der Waals surface area contributed by atoms with Gasteiger partial charge in [-0.15, -0.1) is 0 Å². The lowest BCUT2D eigenvalue weighted by atomic mass is 10.3. The Morgan fingerprint density at radius 1 is 1.41 bits per heavy atom. The number of hydrogen-bond donors (Lipinski definition) is 2. The van der Waals surface area contributed by atoms with E-state index in [1.54, 1.807) is 0 Å². The third-order valence-electron chi connectivity index (χ3n) is 2.81. The Morgan fingerprint density at radius 3 is 2.88 bits per heavy atom. The Morgan fingerprint density at radius 2 is 2.18 bits per heavy atom. The molecule has 3 heterocycles. The zero-order valence-electron chi connectivity index (χ0n) is 9.73. The average Bonchev–Trinajstić information content (AvgIpc) is 2.77. The molecule has 3 rings (SSSR count). The van der Waals surface area contributed by atoms with Gasteiger partial charge in [-0.05, 0) is 13.0 Å². The zero-order chi connectivity index (χ0) is 11.7. The van der Waals surface area contributed by atoms with E-state index in [2.05, 4.69) is 25.4 Å². The standard InChI is InChI=1S/C11H15N5O/c1-8-6-9(12-8)13-10-7-11(15-14-10)16-2-4-17-5-3-16/h6-7H,2-5H2,1H3,(H2,12,13,14,15). The van der Waals surface area contributed by atoms with Crippen molar-refractivity contribution < 1.29 is 4.74 Å². The summed E-state index contributed by atoms with van der Waals surface area (Å²) in [7, 11) is 0. The summed E-state index contributed by atoms with van der Waals surface area (Å²) in [4.78, 5) is 6.58. The Labute approximate surface area is 99.4 Å². The minimum Gasteiger partial charge on any atom is -0.378 e. The third kappa shape index (κ3) is 2.16. The molecule has 17 heavy (non-hydrogen) atoms. The van der Waals surface area contributed by atoms with Crippen LogP contribution in [0.25, 0.3) is 0 Å². The van der Waals surface area contributed by atoms with Crippen LogP contribution in [0.4, 0.5) is 11.6 Å². The number of allylic oxidation sites excluding steroid dienone is 1. The molecule has 6 heteroatoms. The Balaban J connectivity index is 1.72. The van der Waals surface area contributed by atoms with Crippen LogP contribution < -0.4 is 10.2 Å². The van der Waals surface area contributed by atoms with Gasteiger partial charge in [-0.3, -0.25) is 5.10 Å². The van der Waals surface area contributed by atoms with Gasteiger partial charge in [0.05, 0.1) is 13.2 Å². The Bertz CT molecular complexity index is 470. The van der Waals surface area contributed by atoms with Gasteiger partial charge >= 0.3 is 0 Å². The predicted molar refractivity (Wildman–Crippen MR) is 65.6 cm³/mol. The number of aliphatic imine (C=N–C) groups is 1. The minimum absolute atomic E-state index is 0.764. The molecule has 0 unspecified atom stereocenters. The lowest BCUT2D eigenvalue weighted by Crippen LogP contribution is -2.36. The average molecular weight is 233 g/mol. The number of hydrogen-bond acceptors (Lipinski definition) is 4. The maximum atomic E-state index is 5.31. The highest BCUT2D eigenvalue weighted by Gasteiger charge is 2.14. The minimum atomic E-state index is 0.764. The van der Waals surface area contributed by atoms with Crippen LogP contribution >= 0.6 is 0 Å². The van der Waals surface area contributed by atoms with Crippen LogP contribution in [0, 0.1) is 0 Å². The number of nitrogens with one attached hydrogen (secondary N) is 2. The molecule has 0 saturated carbocycles. The van der Waals surface area contributed by atoms with Gasteiger partial charge in [0.2, 0.25) is 0 Å². The van der Waals surface area contributed by atoms with Crippen molar-refractivity contribution in [2.45, 2.75) is 6.92 Å². The second-order valence-corrected chi connectivity index (χ2v) is 4.16. The normalized spacial score (nSPS) is 22.1. The molecule has 0 radical (unpaired) electrons. The van der Waals surface area contributed by atoms with E-state index in [0.717, 1.165) is 49.5 Å². The first kappa shape index (κ1) is 10.3. The number of H-pyrrole nitrogens is 1. The van der Waals surface area contributed by atoms with E-state index in [-0.39, 0.29) is 0 Å². The van der Waals surface area contributed by atoms with Crippen LogP contribution in [0.2, 0.25) is 0 Å². The molecule has 0 bridgehead atoms. The van der Waals surface area contributed by atoms with Crippen LogP contribution in [-0.4, -0.2) is 42.3 Å². The summed E-state index contributed by atoms with van der Waals surface area (Å²) < 4.78 is 5.31. The van der Waals surface area contributed by atoms with Gasteiger partial charge < -0.3 is 15.0 Å². The number of rotatable bonds is 2. The number of anilines is 1. The van der Waals surface area contributed by atoms with Gasteiger partial charge in [0.25, 0.3) is 0 Å². The summed E-state index contributed by atoms with van der Waals surface area (Å²) in [6.07, 6.45) is 2.00. The molecule has 0 aromatic carbocycles. The monoisotopic (exact) mass is 233 g/mol. The molecule has 1 aromatic rings. The third-order valence-corrected chi connectivity index (χ3v) is 2.81. The van der Waals surface area contributed by atoms with Crippen molar-refractivity contribution in [2.24, 2.45) is 4.99 Å². The Kier molecular flexibility index (Phi) is 2.56. The van der Waals surface area contributed by atoms with Crippen LogP contribution in [0.3, 0.4) is 0 Å². The fourth-order valence-corrected chi connectivity index (χ4v) is 1.90. The zero-order valence-corrected chi connectivity index (χ0v) is 9.73. The van der Waals surface area contributed by atoms with Gasteiger partial charge in [-0.25, -0.2) is 4.99 Å². The maximum absolute atomic E-state index is 5.31. The summed E-state index contributed by atoms with van der Waals surface area (Å²) in [5.41, 5.74) is 1.14. The van der Waals surface area contributed by atoms with Crippen LogP contribution in [-0.2, 0) is 4.74 Å². The van der Waals surface area contributed by atoms with Crippen molar-refractivity contribution in [3.63, 3.8) is 0 Å². The fourth-order valence-electron chi connectivity index (χ4n) is 1.90. The van der Waals surface area contributed by atoms with E-state index < -0.39 is 0 Å². The molecule has 2 aliphatic heterocycles. The summed E-state index contributed by atoms with van der Waals surface area (Å²) >= 11 is 0. The molecule has 2 aliphatic rings. The highest BCUT2D eigenvalue weighted by Crippen LogP contribution is 2.19. The van der Waals surface area contributed by atoms with Gasteiger partial charge in [0.1, 0.15) is 5.84 Å². The van der Waals surface area contributed by atoms with E-state index in [9.17, 15) is 0 Å². The topological polar surface area (TPSA) is 65.5 Å². The van der Waals surface area contributed by atoms with Crippen molar-refractivity contribution in [3.8, 4) is 0 Å². The van der Waals surface area contributed by atoms with Gasteiger partial charge in [-0.1, -0.05) is 0 Å². The maximum Gasteiger partial charge on any atom is 0.152 e. The fraction of sp³-hybridized carbons (Fsp3) is 0.455. The molecule has 90 valence electrons. The van der Waals surface area contributed by atoms with E-state index in [4.69, 9.17) is 4.74 Å². The molecule has 1 aromatic heterocycles. The largest absolute Gasteiger partial charge is 0.378 e. The molecule has 0 atom stereocenters. The molecule has 2 N–H and O–H groups in total. The molecule has 6 nitrogen and oxygen atoms in total. The number of aromatic nitrogens is 2. The van der Waals surface area contributed by atoms with E-state index in [1.807, 2.05) is 19.1 Å². The molecule has 0 spiro atoms. The highest BCUT2D eigenvalue weighted by molar-refractivity contribution is 6.01. The lowest BCUT2D eigenvalue weighted by molar-refractivity contribution is 0.122. The first-order chi connectivity index (χ1) is 8.31. The SMILES string of the molecule is CC1=CC(=Nc2cc(N3CCOCC3)n[nH]2)N1. The second kappa shape index (κ2) is 4.21. The summed E-state index contributed by atoms with van der Waals surface area (Å²) in [6.45, 7) is 5.31. The summed E-state index contributed by atoms with van der Waals surface area (Å²) in [6, 6.07) is 1.96. The van der Waals surface area contributed by atoms with E-state index in [1.165, 1.54) is 0 Å². The quantitative estimate of drug-likeness (QED) is 0.792. The number of aromatic amines is 1. The lowest BCUT2D eigenvalue weighted by Gasteiger charge is -2.26. The van der Waals surface area contributed by atoms with Gasteiger partial charge in [0, 0.05) is 24.9 Å². The molecule has 1 saturated heterocycles. The molecule has 0 amide bonds. The molecular formula is C11H15N5O. The Hall–Kier alpha value is -1.82. The molecule has 0 aliphatic carbocycles. The number of amidine groups is 1. The first-order valence-corrected chi connectivity index (χ1v) is 5.73. The van der Waals surface area contributed by atoms with Crippen LogP contribution in [0.15, 0.2) is 22.8 Å². The second-order valence-electron chi connectivity index (χ2n) is 4.16. The van der Waals surface area contributed by atoms with Crippen molar-refractivity contribution in [2.75, 3.05) is 31.2 Å². The van der Waals surface area contributed by atoms with Crippen molar-refractivity contribution in [3.05, 3.63) is 17.8 Å². The highest BCUT2D eigenvalue weighted by atomic mass is 16.5. The van der Waals surface area contributed by atoms with E-state index in [0.29, 0.717) is 0 Å². The molecule has 1 fully saturated rings. The predicted octanol–water partition coefficient (Wildman–Crippen LogP) is 0.783. The number of nitrogens with zero attached hydrogens (tertiary/aromatic N) is 3. The van der Waals surface area contributed by atoms with Gasteiger partial charge in [-0.2, -0.15) is 5.10 Å². The van der Waals surface area contributed by atoms with Crippen molar-refractivity contribution in [1.29, 1.82) is 0 Å². The van der Waals surface area contributed by atoms with Crippen molar-refractivity contribution >= 4 is 17.5 Å². The first-order valence-electron chi connectivity index (χ1n) is 5.73. The van der Waals surface area contributed by atoms with Gasteiger partial charge in [0.15, 0.2) is 11.6 Å². The van der Waals surface area contributed by atoms with Crippen molar-refractivity contribution in [1.82, 2.24) is 15.5 Å². The van der Waals surface area contributed by atoms with Crippen LogP contribution in [0.5, 0.6) is 0 Å². The molecular weight excluding hydrogens is 218 g/mol. The summed E-state index contributed by atoms with van der Waals surface area (Å²) in [5, 5.41) is 10.3. The number of morpholine rings is 1. The summed E-state index contributed by atoms with van der Waals surface area (Å²) in [5.74, 6) is 2.59. The van der Waals surface area contributed by atoms with Crippen LogP contribution in [0.1, 0.15) is 6.92 Å². The number of ether oxygens (including phenoxy) is 1. The van der Waals surface area contributed by atoms with E-state index >= 15 is 0 Å².